The van der Waals surface area contributed by atoms with Crippen LogP contribution in [0.4, 0.5) is 5.82 Å². The number of ether oxygens (including phenoxy) is 1. The molecule has 1 aliphatic rings. The van der Waals surface area contributed by atoms with E-state index in [9.17, 15) is 9.59 Å². The number of H-pyrrole nitrogens is 1. The summed E-state index contributed by atoms with van der Waals surface area (Å²) in [5, 5.41) is 6.10. The topological polar surface area (TPSA) is 112 Å². The van der Waals surface area contributed by atoms with Gasteiger partial charge in [0.1, 0.15) is 11.3 Å². The second-order valence-corrected chi connectivity index (χ2v) is 6.31. The second kappa shape index (κ2) is 8.17. The zero-order chi connectivity index (χ0) is 19.4. The molecule has 1 aliphatic heterocycles. The standard InChI is InChI=1S/C18H24N6O3/c1-4-15(25)24-7-6-12(13(24)10-27-3)22-14-9-21-17-16(23-14)11(8-20-17)18(26)19-5-2/h4,8-9,12-13H,1,5-7,10H2,2-3H3,(H,19,26)(H,20,21)(H,22,23)/t12-,13?/m1/s1. The van der Waals surface area contributed by atoms with Gasteiger partial charge in [-0.05, 0) is 19.4 Å². The third-order valence-electron chi connectivity index (χ3n) is 4.64. The van der Waals surface area contributed by atoms with Crippen molar-refractivity contribution in [3.63, 3.8) is 0 Å². The molecule has 0 saturated carbocycles. The molecule has 9 heteroatoms. The average Bonchev–Trinajstić information content (AvgIpc) is 3.26. The number of carbonyl (C=O) groups is 2. The maximum absolute atomic E-state index is 12.2. The van der Waals surface area contributed by atoms with Gasteiger partial charge >= 0.3 is 0 Å². The summed E-state index contributed by atoms with van der Waals surface area (Å²) in [5.74, 6) is 0.231. The molecule has 1 saturated heterocycles. The minimum absolute atomic E-state index is 0.0348. The van der Waals surface area contributed by atoms with E-state index in [1.165, 1.54) is 6.08 Å². The molecular formula is C18H24N6O3. The fraction of sp³-hybridized carbons (Fsp3) is 0.444. The first-order chi connectivity index (χ1) is 13.1. The summed E-state index contributed by atoms with van der Waals surface area (Å²) in [6, 6.07) is -0.167. The number of likely N-dealkylation sites (tertiary alicyclic amines) is 1. The summed E-state index contributed by atoms with van der Waals surface area (Å²) >= 11 is 0. The number of rotatable bonds is 7. The van der Waals surface area contributed by atoms with Crippen LogP contribution >= 0.6 is 0 Å². The number of fused-ring (bicyclic) bond motifs is 1. The molecule has 27 heavy (non-hydrogen) atoms. The smallest absolute Gasteiger partial charge is 0.255 e. The Labute approximate surface area is 157 Å². The minimum Gasteiger partial charge on any atom is -0.382 e. The summed E-state index contributed by atoms with van der Waals surface area (Å²) in [4.78, 5) is 37.8. The number of aromatic nitrogens is 3. The molecule has 0 bridgehead atoms. The molecule has 1 unspecified atom stereocenters. The highest BCUT2D eigenvalue weighted by Crippen LogP contribution is 2.23. The van der Waals surface area contributed by atoms with Crippen LogP contribution in [-0.4, -0.2) is 70.6 Å². The van der Waals surface area contributed by atoms with Crippen molar-refractivity contribution >= 4 is 28.8 Å². The second-order valence-electron chi connectivity index (χ2n) is 6.31. The Hall–Kier alpha value is -2.94. The lowest BCUT2D eigenvalue weighted by molar-refractivity contribution is -0.127. The van der Waals surface area contributed by atoms with Crippen molar-refractivity contribution in [1.82, 2.24) is 25.2 Å². The van der Waals surface area contributed by atoms with E-state index in [4.69, 9.17) is 4.74 Å². The maximum Gasteiger partial charge on any atom is 0.255 e. The SMILES string of the molecule is C=CC(=O)N1CC[C@@H](Nc2cnc3[nH]cc(C(=O)NCC)c3n2)C1COC. The van der Waals surface area contributed by atoms with Gasteiger partial charge in [0, 0.05) is 26.4 Å². The largest absolute Gasteiger partial charge is 0.382 e. The predicted molar refractivity (Wildman–Crippen MR) is 101 cm³/mol. The van der Waals surface area contributed by atoms with Crippen LogP contribution < -0.4 is 10.6 Å². The predicted octanol–water partition coefficient (Wildman–Crippen LogP) is 0.921. The van der Waals surface area contributed by atoms with Gasteiger partial charge in [0.15, 0.2) is 5.65 Å². The number of aromatic amines is 1. The summed E-state index contributed by atoms with van der Waals surface area (Å²) in [5.41, 5.74) is 1.50. The zero-order valence-electron chi connectivity index (χ0n) is 15.5. The van der Waals surface area contributed by atoms with Crippen molar-refractivity contribution in [2.75, 3.05) is 32.1 Å². The van der Waals surface area contributed by atoms with Crippen molar-refractivity contribution in [2.45, 2.75) is 25.4 Å². The molecule has 2 atom stereocenters. The van der Waals surface area contributed by atoms with Gasteiger partial charge in [-0.15, -0.1) is 0 Å². The van der Waals surface area contributed by atoms with Gasteiger partial charge in [-0.25, -0.2) is 9.97 Å². The van der Waals surface area contributed by atoms with E-state index < -0.39 is 0 Å². The lowest BCUT2D eigenvalue weighted by Crippen LogP contribution is -2.44. The van der Waals surface area contributed by atoms with Crippen LogP contribution in [0.2, 0.25) is 0 Å². The van der Waals surface area contributed by atoms with Gasteiger partial charge in [0.05, 0.1) is 30.5 Å². The Morgan fingerprint density at radius 1 is 1.52 bits per heavy atom. The number of hydrogen-bond acceptors (Lipinski definition) is 6. The first-order valence-electron chi connectivity index (χ1n) is 8.89. The zero-order valence-corrected chi connectivity index (χ0v) is 15.5. The van der Waals surface area contributed by atoms with Gasteiger partial charge in [-0.3, -0.25) is 9.59 Å². The number of carbonyl (C=O) groups excluding carboxylic acids is 2. The van der Waals surface area contributed by atoms with Gasteiger partial charge in [-0.1, -0.05) is 6.58 Å². The molecule has 2 aromatic heterocycles. The van der Waals surface area contributed by atoms with Crippen LogP contribution in [0.5, 0.6) is 0 Å². The summed E-state index contributed by atoms with van der Waals surface area (Å²) in [6.45, 7) is 6.97. The maximum atomic E-state index is 12.2. The number of anilines is 1. The van der Waals surface area contributed by atoms with Crippen LogP contribution in [-0.2, 0) is 9.53 Å². The quantitative estimate of drug-likeness (QED) is 0.623. The van der Waals surface area contributed by atoms with Crippen molar-refractivity contribution in [3.8, 4) is 0 Å². The van der Waals surface area contributed by atoms with Gasteiger partial charge in [-0.2, -0.15) is 0 Å². The van der Waals surface area contributed by atoms with Crippen molar-refractivity contribution in [2.24, 2.45) is 0 Å². The van der Waals surface area contributed by atoms with Crippen molar-refractivity contribution in [3.05, 3.63) is 30.6 Å². The molecule has 3 rings (SSSR count). The highest BCUT2D eigenvalue weighted by molar-refractivity contribution is 6.04. The van der Waals surface area contributed by atoms with Crippen LogP contribution in [0.1, 0.15) is 23.7 Å². The van der Waals surface area contributed by atoms with Crippen LogP contribution in [0, 0.1) is 0 Å². The van der Waals surface area contributed by atoms with Gasteiger partial charge < -0.3 is 25.3 Å². The Morgan fingerprint density at radius 2 is 2.33 bits per heavy atom. The normalized spacial score (nSPS) is 19.3. The third-order valence-corrected chi connectivity index (χ3v) is 4.64. The molecule has 144 valence electrons. The summed E-state index contributed by atoms with van der Waals surface area (Å²) < 4.78 is 5.29. The van der Waals surface area contributed by atoms with E-state index in [2.05, 4.69) is 32.2 Å². The minimum atomic E-state index is -0.198. The highest BCUT2D eigenvalue weighted by atomic mass is 16.5. The average molecular weight is 372 g/mol. The van der Waals surface area contributed by atoms with E-state index in [1.807, 2.05) is 6.92 Å². The molecule has 1 fully saturated rings. The highest BCUT2D eigenvalue weighted by Gasteiger charge is 2.36. The Morgan fingerprint density at radius 3 is 3.04 bits per heavy atom. The molecule has 9 nitrogen and oxygen atoms in total. The first kappa shape index (κ1) is 18.8. The number of nitrogens with one attached hydrogen (secondary N) is 3. The van der Waals surface area contributed by atoms with Crippen LogP contribution in [0.25, 0.3) is 11.2 Å². The molecule has 0 spiro atoms. The monoisotopic (exact) mass is 372 g/mol. The molecule has 3 N–H and O–H groups in total. The fourth-order valence-electron chi connectivity index (χ4n) is 3.37. The Bertz CT molecular complexity index is 849. The molecule has 2 amide bonds. The van der Waals surface area contributed by atoms with Crippen LogP contribution in [0.15, 0.2) is 25.0 Å². The molecular weight excluding hydrogens is 348 g/mol. The molecule has 2 aromatic rings. The third kappa shape index (κ3) is 3.77. The van der Waals surface area contributed by atoms with Crippen molar-refractivity contribution in [1.29, 1.82) is 0 Å². The first-order valence-corrected chi connectivity index (χ1v) is 8.89. The number of amides is 2. The van der Waals surface area contributed by atoms with E-state index >= 15 is 0 Å². The van der Waals surface area contributed by atoms with E-state index in [1.54, 1.807) is 24.4 Å². The van der Waals surface area contributed by atoms with Gasteiger partial charge in [0.2, 0.25) is 5.91 Å². The van der Waals surface area contributed by atoms with Gasteiger partial charge in [0.25, 0.3) is 5.91 Å². The molecule has 0 aromatic carbocycles. The van der Waals surface area contributed by atoms with E-state index in [0.29, 0.717) is 42.2 Å². The number of nitrogens with zero attached hydrogens (tertiary/aromatic N) is 3. The lowest BCUT2D eigenvalue weighted by Gasteiger charge is -2.27. The molecule has 0 radical (unpaired) electrons. The Kier molecular flexibility index (Phi) is 5.70. The van der Waals surface area contributed by atoms with Crippen LogP contribution in [0.3, 0.4) is 0 Å². The lowest BCUT2D eigenvalue weighted by atomic mass is 10.1. The molecule has 0 aliphatic carbocycles. The Balaban J connectivity index is 1.83. The summed E-state index contributed by atoms with van der Waals surface area (Å²) in [7, 11) is 1.61. The number of methoxy groups -OCH3 is 1. The van der Waals surface area contributed by atoms with E-state index in [0.717, 1.165) is 6.42 Å². The summed E-state index contributed by atoms with van der Waals surface area (Å²) in [6.07, 6.45) is 5.29. The van der Waals surface area contributed by atoms with E-state index in [-0.39, 0.29) is 23.9 Å². The molecule has 3 heterocycles. The fourth-order valence-corrected chi connectivity index (χ4v) is 3.37. The van der Waals surface area contributed by atoms with Crippen molar-refractivity contribution < 1.29 is 14.3 Å². The number of hydrogen-bond donors (Lipinski definition) is 3.